The van der Waals surface area contributed by atoms with Gasteiger partial charge in [0.25, 0.3) is 5.91 Å². The van der Waals surface area contributed by atoms with Crippen molar-refractivity contribution >= 4 is 28.3 Å². The van der Waals surface area contributed by atoms with Gasteiger partial charge in [0, 0.05) is 43.0 Å². The number of carbonyl (C=O) groups is 1. The van der Waals surface area contributed by atoms with E-state index in [1.54, 1.807) is 6.20 Å². The second-order valence-electron chi connectivity index (χ2n) is 9.98. The summed E-state index contributed by atoms with van der Waals surface area (Å²) in [6, 6.07) is 11.9. The van der Waals surface area contributed by atoms with E-state index in [1.807, 2.05) is 42.7 Å². The van der Waals surface area contributed by atoms with Crippen LogP contribution in [0.2, 0.25) is 0 Å². The van der Waals surface area contributed by atoms with Gasteiger partial charge in [0.1, 0.15) is 5.82 Å². The van der Waals surface area contributed by atoms with E-state index >= 15 is 0 Å². The van der Waals surface area contributed by atoms with E-state index in [4.69, 9.17) is 0 Å². The van der Waals surface area contributed by atoms with E-state index < -0.39 is 0 Å². The van der Waals surface area contributed by atoms with Crippen LogP contribution < -0.4 is 10.2 Å². The average molecular weight is 498 g/mol. The molecule has 0 atom stereocenters. The molecule has 9 heteroatoms. The number of aliphatic hydroxyl groups excluding tert-OH is 1. The van der Waals surface area contributed by atoms with Gasteiger partial charge >= 0.3 is 0 Å². The van der Waals surface area contributed by atoms with Crippen LogP contribution in [0.25, 0.3) is 22.0 Å². The quantitative estimate of drug-likeness (QED) is 0.371. The van der Waals surface area contributed by atoms with E-state index in [0.29, 0.717) is 11.4 Å². The van der Waals surface area contributed by atoms with E-state index in [9.17, 15) is 9.90 Å². The van der Waals surface area contributed by atoms with Crippen molar-refractivity contribution in [3.63, 3.8) is 0 Å². The molecule has 2 saturated heterocycles. The lowest BCUT2D eigenvalue weighted by atomic mass is 10.0. The molecule has 5 heterocycles. The monoisotopic (exact) mass is 497 g/mol. The van der Waals surface area contributed by atoms with Crippen LogP contribution in [0.5, 0.6) is 0 Å². The number of H-pyrrole nitrogens is 1. The molecule has 0 aliphatic carbocycles. The molecule has 2 aliphatic heterocycles. The third-order valence-electron chi connectivity index (χ3n) is 7.31. The van der Waals surface area contributed by atoms with Gasteiger partial charge in [0.15, 0.2) is 5.69 Å². The van der Waals surface area contributed by atoms with Gasteiger partial charge in [0.2, 0.25) is 0 Å². The molecule has 0 saturated carbocycles. The number of pyridine rings is 2. The highest BCUT2D eigenvalue weighted by Gasteiger charge is 2.19. The fourth-order valence-corrected chi connectivity index (χ4v) is 5.23. The number of aromatic nitrogens is 4. The predicted molar refractivity (Wildman–Crippen MR) is 143 cm³/mol. The van der Waals surface area contributed by atoms with Crippen molar-refractivity contribution in [3.05, 3.63) is 66.2 Å². The molecular weight excluding hydrogens is 466 g/mol. The largest absolute Gasteiger partial charge is 0.393 e. The summed E-state index contributed by atoms with van der Waals surface area (Å²) in [5.74, 6) is 0.556. The van der Waals surface area contributed by atoms with Crippen LogP contribution in [0.1, 0.15) is 41.7 Å². The van der Waals surface area contributed by atoms with Crippen molar-refractivity contribution in [1.82, 2.24) is 25.1 Å². The zero-order valence-electron chi connectivity index (χ0n) is 20.7. The number of nitrogens with one attached hydrogen (secondary N) is 2. The number of carbonyl (C=O) groups excluding carboxylic acids is 1. The third-order valence-corrected chi connectivity index (χ3v) is 7.31. The van der Waals surface area contributed by atoms with Crippen molar-refractivity contribution in [3.8, 4) is 11.1 Å². The van der Waals surface area contributed by atoms with E-state index in [2.05, 4.69) is 41.3 Å². The molecule has 2 fully saturated rings. The summed E-state index contributed by atoms with van der Waals surface area (Å²) in [6.45, 7) is 4.75. The number of likely N-dealkylation sites (tertiary alicyclic amines) is 1. The topological polar surface area (TPSA) is 110 Å². The van der Waals surface area contributed by atoms with E-state index in [0.717, 1.165) is 73.4 Å². The molecule has 0 radical (unpaired) electrons. The summed E-state index contributed by atoms with van der Waals surface area (Å²) in [4.78, 5) is 26.7. The minimum absolute atomic E-state index is 0.228. The van der Waals surface area contributed by atoms with Gasteiger partial charge in [-0.15, -0.1) is 0 Å². The fraction of sp³-hybridized carbons (Fsp3) is 0.357. The maximum atomic E-state index is 13.1. The average Bonchev–Trinajstić information content (AvgIpc) is 3.59. The molecule has 2 aliphatic rings. The first-order chi connectivity index (χ1) is 18.1. The highest BCUT2D eigenvalue weighted by Crippen LogP contribution is 2.27. The number of anilines is 2. The Balaban J connectivity index is 1.18. The van der Waals surface area contributed by atoms with Crippen LogP contribution >= 0.6 is 0 Å². The van der Waals surface area contributed by atoms with Crippen molar-refractivity contribution in [2.24, 2.45) is 0 Å². The third kappa shape index (κ3) is 5.19. The lowest BCUT2D eigenvalue weighted by Crippen LogP contribution is -2.36. The molecule has 4 aromatic rings. The Morgan fingerprint density at radius 1 is 1.00 bits per heavy atom. The molecule has 9 nitrogen and oxygen atoms in total. The van der Waals surface area contributed by atoms with Gasteiger partial charge in [0.05, 0.1) is 23.5 Å². The number of aliphatic hydroxyl groups is 1. The van der Waals surface area contributed by atoms with Gasteiger partial charge in [-0.1, -0.05) is 6.07 Å². The molecule has 1 amide bonds. The molecule has 0 bridgehead atoms. The first kappa shape index (κ1) is 23.6. The Labute approximate surface area is 215 Å². The van der Waals surface area contributed by atoms with Crippen LogP contribution in [0.4, 0.5) is 11.5 Å². The Bertz CT molecular complexity index is 1390. The van der Waals surface area contributed by atoms with Crippen molar-refractivity contribution in [2.75, 3.05) is 36.4 Å². The van der Waals surface area contributed by atoms with E-state index in [-0.39, 0.29) is 12.0 Å². The summed E-state index contributed by atoms with van der Waals surface area (Å²) < 4.78 is 0. The number of fused-ring (bicyclic) bond motifs is 1. The Morgan fingerprint density at radius 2 is 1.84 bits per heavy atom. The molecule has 37 heavy (non-hydrogen) atoms. The molecule has 1 aromatic carbocycles. The normalized spacial score (nSPS) is 16.9. The summed E-state index contributed by atoms with van der Waals surface area (Å²) in [7, 11) is 0. The van der Waals surface area contributed by atoms with Crippen molar-refractivity contribution in [1.29, 1.82) is 0 Å². The lowest BCUT2D eigenvalue weighted by molar-refractivity contribution is 0.102. The fourth-order valence-electron chi connectivity index (χ4n) is 5.23. The number of aromatic amines is 1. The molecule has 190 valence electrons. The van der Waals surface area contributed by atoms with E-state index in [1.165, 1.54) is 18.4 Å². The number of hydrogen-bond acceptors (Lipinski definition) is 7. The van der Waals surface area contributed by atoms with Crippen LogP contribution in [0.15, 0.2) is 55.0 Å². The minimum atomic E-state index is -0.292. The van der Waals surface area contributed by atoms with Crippen LogP contribution in [0.3, 0.4) is 0 Å². The second kappa shape index (κ2) is 10.3. The summed E-state index contributed by atoms with van der Waals surface area (Å²) in [5, 5.41) is 20.7. The molecule has 3 aromatic heterocycles. The number of benzene rings is 1. The number of nitrogens with zero attached hydrogens (tertiary/aromatic N) is 5. The first-order valence-electron chi connectivity index (χ1n) is 13.0. The first-order valence-corrected chi connectivity index (χ1v) is 13.0. The Morgan fingerprint density at radius 3 is 2.62 bits per heavy atom. The van der Waals surface area contributed by atoms with Crippen LogP contribution in [-0.2, 0) is 6.54 Å². The lowest BCUT2D eigenvalue weighted by Gasteiger charge is -2.30. The van der Waals surface area contributed by atoms with Gasteiger partial charge in [-0.25, -0.2) is 4.98 Å². The zero-order valence-corrected chi connectivity index (χ0v) is 20.7. The molecule has 0 spiro atoms. The molecular formula is C28H31N7O2. The summed E-state index contributed by atoms with van der Waals surface area (Å²) in [6.07, 6.45) is 9.25. The Kier molecular flexibility index (Phi) is 6.55. The smallest absolute Gasteiger partial charge is 0.276 e. The maximum absolute atomic E-state index is 13.1. The summed E-state index contributed by atoms with van der Waals surface area (Å²) in [5.41, 5.74) is 4.97. The van der Waals surface area contributed by atoms with Gasteiger partial charge in [-0.3, -0.25) is 19.8 Å². The highest BCUT2D eigenvalue weighted by molar-refractivity contribution is 6.11. The van der Waals surface area contributed by atoms with Gasteiger partial charge in [-0.05, 0) is 80.2 Å². The SMILES string of the molecule is O=C(Nc1ccc(N2CCC(O)CC2)nc1)c1n[nH]c2ccc(-c3cncc(CN4CCCC4)c3)cc12. The van der Waals surface area contributed by atoms with Crippen molar-refractivity contribution < 1.29 is 9.90 Å². The predicted octanol–water partition coefficient (Wildman–Crippen LogP) is 3.83. The number of piperidine rings is 1. The standard InChI is InChI=1S/C28H31N7O2/c36-23-7-11-35(12-8-23)26-6-4-22(17-30-26)31-28(37)27-24-14-20(3-5-25(24)32-33-27)21-13-19(15-29-16-21)18-34-9-1-2-10-34/h3-6,13-17,23,36H,1-2,7-12,18H2,(H,31,37)(H,32,33). The second-order valence-corrected chi connectivity index (χ2v) is 9.98. The number of hydrogen-bond donors (Lipinski definition) is 3. The zero-order chi connectivity index (χ0) is 25.2. The summed E-state index contributed by atoms with van der Waals surface area (Å²) >= 11 is 0. The minimum Gasteiger partial charge on any atom is -0.393 e. The molecule has 6 rings (SSSR count). The van der Waals surface area contributed by atoms with Crippen molar-refractivity contribution in [2.45, 2.75) is 38.3 Å². The van der Waals surface area contributed by atoms with Crippen LogP contribution in [-0.4, -0.2) is 68.4 Å². The number of amides is 1. The van der Waals surface area contributed by atoms with Crippen LogP contribution in [0, 0.1) is 0 Å². The number of rotatable bonds is 6. The Hall–Kier alpha value is -3.82. The molecule has 3 N–H and O–H groups in total. The highest BCUT2D eigenvalue weighted by atomic mass is 16.3. The molecule has 0 unspecified atom stereocenters. The maximum Gasteiger partial charge on any atom is 0.276 e. The van der Waals surface area contributed by atoms with Gasteiger partial charge < -0.3 is 15.3 Å². The van der Waals surface area contributed by atoms with Gasteiger partial charge in [-0.2, -0.15) is 5.10 Å².